The van der Waals surface area contributed by atoms with Gasteiger partial charge in [0, 0.05) is 49.0 Å². The number of halogens is 3. The number of nitrogens with one attached hydrogen (secondary N) is 1. The van der Waals surface area contributed by atoms with E-state index >= 15 is 0 Å². The Morgan fingerprint density at radius 1 is 1.14 bits per heavy atom. The predicted molar refractivity (Wildman–Crippen MR) is 103 cm³/mol. The molecule has 3 rings (SSSR count). The lowest BCUT2D eigenvalue weighted by Crippen LogP contribution is -2.53. The first-order chi connectivity index (χ1) is 13.8. The van der Waals surface area contributed by atoms with E-state index in [-0.39, 0.29) is 24.1 Å². The van der Waals surface area contributed by atoms with Gasteiger partial charge in [-0.1, -0.05) is 0 Å². The van der Waals surface area contributed by atoms with Crippen LogP contribution in [0.15, 0.2) is 36.4 Å². The fraction of sp³-hybridized carbons (Fsp3) is 0.316. The zero-order valence-electron chi connectivity index (χ0n) is 15.6. The Kier molecular flexibility index (Phi) is 6.56. The second kappa shape index (κ2) is 8.93. The van der Waals surface area contributed by atoms with Crippen molar-refractivity contribution in [2.24, 2.45) is 0 Å². The summed E-state index contributed by atoms with van der Waals surface area (Å²) in [6, 6.07) is 7.59. The monoisotopic (exact) mass is 427 g/mol. The van der Waals surface area contributed by atoms with E-state index < -0.39 is 28.7 Å². The number of hydrogen-bond donors (Lipinski definition) is 2. The smallest absolute Gasteiger partial charge is 0.259 e. The fourth-order valence-corrected chi connectivity index (χ4v) is 3.70. The topological polar surface area (TPSA) is 72.9 Å². The van der Waals surface area contributed by atoms with Gasteiger partial charge in [0.25, 0.3) is 17.2 Å². The van der Waals surface area contributed by atoms with Crippen LogP contribution in [0.2, 0.25) is 0 Å². The number of carbonyl (C=O) groups is 1. The highest BCUT2D eigenvalue weighted by atomic mass is 32.2. The van der Waals surface area contributed by atoms with Gasteiger partial charge in [0.1, 0.15) is 5.82 Å². The molecule has 1 unspecified atom stereocenters. The largest absolute Gasteiger partial charge is 0.333 e. The van der Waals surface area contributed by atoms with E-state index in [1.54, 1.807) is 21.9 Å². The highest BCUT2D eigenvalue weighted by Crippen LogP contribution is 2.21. The van der Waals surface area contributed by atoms with Gasteiger partial charge in [0.2, 0.25) is 0 Å². The number of nitrogens with zero attached hydrogens (tertiary/aromatic N) is 2. The maximum Gasteiger partial charge on any atom is 0.259 e. The summed E-state index contributed by atoms with van der Waals surface area (Å²) in [5, 5.41) is 0. The molecule has 6 nitrogen and oxygen atoms in total. The van der Waals surface area contributed by atoms with Gasteiger partial charge in [-0.15, -0.1) is 0 Å². The van der Waals surface area contributed by atoms with Crippen molar-refractivity contribution in [1.29, 1.82) is 0 Å². The molecule has 1 heterocycles. The summed E-state index contributed by atoms with van der Waals surface area (Å²) >= 11 is -2.20. The number of piperazine rings is 1. The van der Waals surface area contributed by atoms with Gasteiger partial charge in [-0.05, 0) is 43.3 Å². The number of rotatable bonds is 5. The number of carbonyl (C=O) groups excluding carboxylic acids is 1. The number of benzene rings is 2. The Morgan fingerprint density at radius 2 is 1.79 bits per heavy atom. The molecule has 1 fully saturated rings. The minimum atomic E-state index is -2.20. The van der Waals surface area contributed by atoms with Crippen LogP contribution in [0.25, 0.3) is 0 Å². The number of amides is 1. The van der Waals surface area contributed by atoms with Gasteiger partial charge < -0.3 is 4.90 Å². The van der Waals surface area contributed by atoms with Crippen LogP contribution in [-0.4, -0.2) is 50.1 Å². The van der Waals surface area contributed by atoms with Gasteiger partial charge in [-0.3, -0.25) is 19.0 Å². The highest BCUT2D eigenvalue weighted by molar-refractivity contribution is 7.80. The van der Waals surface area contributed by atoms with Crippen LogP contribution in [0.5, 0.6) is 0 Å². The summed E-state index contributed by atoms with van der Waals surface area (Å²) in [6.07, 6.45) is 0. The Labute approximate surface area is 168 Å². The third-order valence-corrected chi connectivity index (χ3v) is 5.24. The van der Waals surface area contributed by atoms with Crippen LogP contribution >= 0.6 is 0 Å². The van der Waals surface area contributed by atoms with Crippen molar-refractivity contribution in [3.63, 3.8) is 0 Å². The van der Waals surface area contributed by atoms with E-state index in [1.165, 1.54) is 12.1 Å². The van der Waals surface area contributed by atoms with E-state index in [2.05, 4.69) is 4.72 Å². The van der Waals surface area contributed by atoms with Crippen LogP contribution in [0, 0.1) is 17.5 Å². The Balaban J connectivity index is 1.65. The van der Waals surface area contributed by atoms with Crippen molar-refractivity contribution >= 4 is 22.9 Å². The van der Waals surface area contributed by atoms with E-state index in [4.69, 9.17) is 4.55 Å². The fourth-order valence-electron chi connectivity index (χ4n) is 3.36. The summed E-state index contributed by atoms with van der Waals surface area (Å²) in [6.45, 7) is 2.85. The van der Waals surface area contributed by atoms with E-state index in [1.807, 2.05) is 6.92 Å². The van der Waals surface area contributed by atoms with Crippen molar-refractivity contribution in [2.45, 2.75) is 19.5 Å². The Hall–Kier alpha value is -2.43. The SMILES string of the molecule is C[C@@H]1CN(Cc2c(F)ccc(F)c2F)CCN1C(=O)c1ccc(NS(=O)O)cc1. The van der Waals surface area contributed by atoms with Crippen LogP contribution in [0.3, 0.4) is 0 Å². The van der Waals surface area contributed by atoms with Crippen molar-refractivity contribution in [1.82, 2.24) is 9.80 Å². The predicted octanol–water partition coefficient (Wildman–Crippen LogP) is 3.00. The van der Waals surface area contributed by atoms with Crippen molar-refractivity contribution in [2.75, 3.05) is 24.4 Å². The lowest BCUT2D eigenvalue weighted by atomic mass is 10.1. The molecule has 0 saturated carbocycles. The van der Waals surface area contributed by atoms with E-state index in [0.29, 0.717) is 30.9 Å². The highest BCUT2D eigenvalue weighted by Gasteiger charge is 2.29. The summed E-state index contributed by atoms with van der Waals surface area (Å²) in [5.74, 6) is -3.29. The van der Waals surface area contributed by atoms with Crippen molar-refractivity contribution in [3.8, 4) is 0 Å². The van der Waals surface area contributed by atoms with Crippen LogP contribution in [-0.2, 0) is 17.8 Å². The molecule has 0 radical (unpaired) electrons. The molecule has 2 aromatic carbocycles. The third-order valence-electron chi connectivity index (χ3n) is 4.83. The van der Waals surface area contributed by atoms with E-state index in [9.17, 15) is 22.2 Å². The zero-order valence-corrected chi connectivity index (χ0v) is 16.4. The first-order valence-electron chi connectivity index (χ1n) is 8.89. The molecule has 2 atom stereocenters. The van der Waals surface area contributed by atoms with Crippen LogP contribution in [0.4, 0.5) is 18.9 Å². The van der Waals surface area contributed by atoms with Crippen molar-refractivity contribution < 1.29 is 26.7 Å². The average Bonchev–Trinajstić information content (AvgIpc) is 2.68. The standard InChI is InChI=1S/C19H20F3N3O3S/c1-12-10-24(11-15-16(20)6-7-17(21)18(15)22)8-9-25(12)19(26)13-2-4-14(5-3-13)23-29(27)28/h2-7,12,23H,8-11H2,1H3,(H,27,28)/t12-/m1/s1. The van der Waals surface area contributed by atoms with Crippen molar-refractivity contribution in [3.05, 3.63) is 65.0 Å². The number of anilines is 1. The molecule has 1 saturated heterocycles. The molecule has 2 N–H and O–H groups in total. The maximum absolute atomic E-state index is 13.9. The van der Waals surface area contributed by atoms with Gasteiger partial charge in [-0.2, -0.15) is 0 Å². The molecule has 0 aromatic heterocycles. The molecule has 1 aliphatic rings. The minimum absolute atomic E-state index is 0.0829. The molecule has 156 valence electrons. The van der Waals surface area contributed by atoms with E-state index in [0.717, 1.165) is 12.1 Å². The molecule has 0 bridgehead atoms. The molecule has 0 aliphatic carbocycles. The van der Waals surface area contributed by atoms with Gasteiger partial charge in [-0.25, -0.2) is 17.4 Å². The van der Waals surface area contributed by atoms with Crippen LogP contribution in [0.1, 0.15) is 22.8 Å². The maximum atomic E-state index is 13.9. The first kappa shape index (κ1) is 21.3. The Bertz CT molecular complexity index is 927. The molecular weight excluding hydrogens is 407 g/mol. The molecule has 2 aromatic rings. The van der Waals surface area contributed by atoms with Gasteiger partial charge in [0.15, 0.2) is 11.6 Å². The zero-order chi connectivity index (χ0) is 21.1. The second-order valence-corrected chi connectivity index (χ2v) is 7.54. The second-order valence-electron chi connectivity index (χ2n) is 6.83. The van der Waals surface area contributed by atoms with Crippen LogP contribution < -0.4 is 4.72 Å². The van der Waals surface area contributed by atoms with Gasteiger partial charge in [0.05, 0.1) is 0 Å². The summed E-state index contributed by atoms with van der Waals surface area (Å²) in [5.41, 5.74) is 0.502. The molecule has 0 spiro atoms. The number of hydrogen-bond acceptors (Lipinski definition) is 3. The molecule has 1 amide bonds. The molecule has 29 heavy (non-hydrogen) atoms. The average molecular weight is 427 g/mol. The van der Waals surface area contributed by atoms with Gasteiger partial charge >= 0.3 is 0 Å². The third kappa shape index (κ3) is 4.95. The quantitative estimate of drug-likeness (QED) is 0.569. The normalized spacial score (nSPS) is 18.5. The Morgan fingerprint density at radius 3 is 2.41 bits per heavy atom. The minimum Gasteiger partial charge on any atom is -0.333 e. The molecular formula is C19H20F3N3O3S. The summed E-state index contributed by atoms with van der Waals surface area (Å²) < 4.78 is 63.1. The lowest BCUT2D eigenvalue weighted by Gasteiger charge is -2.40. The lowest BCUT2D eigenvalue weighted by molar-refractivity contribution is 0.0470. The molecule has 1 aliphatic heterocycles. The first-order valence-corrected chi connectivity index (χ1v) is 10.00. The summed E-state index contributed by atoms with van der Waals surface area (Å²) in [4.78, 5) is 16.2. The molecule has 10 heteroatoms. The summed E-state index contributed by atoms with van der Waals surface area (Å²) in [7, 11) is 0.